The first-order valence-electron chi connectivity index (χ1n) is 3.49. The molecule has 0 aromatic carbocycles. The fourth-order valence-corrected chi connectivity index (χ4v) is 0.768. The Kier molecular flexibility index (Phi) is 2.82. The zero-order valence-corrected chi connectivity index (χ0v) is 6.73. The molecule has 0 fully saturated rings. The summed E-state index contributed by atoms with van der Waals surface area (Å²) in [5, 5.41) is 8.16. The minimum Gasteiger partial charge on any atom is -0.447 e. The molecule has 0 aliphatic carbocycles. The maximum absolute atomic E-state index is 11.1. The Balaban J connectivity index is 2.78. The molecule has 13 heavy (non-hydrogen) atoms. The third-order valence-electron chi connectivity index (χ3n) is 1.34. The van der Waals surface area contributed by atoms with Crippen molar-refractivity contribution in [1.29, 1.82) is 5.26 Å². The third kappa shape index (κ3) is 2.17. The van der Waals surface area contributed by atoms with Crippen LogP contribution in [0.5, 0.6) is 0 Å². The van der Waals surface area contributed by atoms with Gasteiger partial charge in [0, 0.05) is 6.20 Å². The number of nitrogens with zero attached hydrogens (tertiary/aromatic N) is 2. The number of pyridine rings is 1. The Morgan fingerprint density at radius 2 is 2.54 bits per heavy atom. The fraction of sp³-hybridized carbons (Fsp3) is 0.125. The number of hydrogen-bond donors (Lipinski definition) is 1. The lowest BCUT2D eigenvalue weighted by Gasteiger charge is -2.01. The van der Waals surface area contributed by atoms with Gasteiger partial charge < -0.3 is 10.5 Å². The number of carbonyl (C=O) groups excluding carboxylic acids is 1. The summed E-state index contributed by atoms with van der Waals surface area (Å²) < 4.78 is 4.55. The minimum absolute atomic E-state index is 0.227. The molecule has 1 aromatic heterocycles. The van der Waals surface area contributed by atoms with Crippen LogP contribution in [0.15, 0.2) is 18.5 Å². The van der Waals surface area contributed by atoms with Crippen LogP contribution >= 0.6 is 0 Å². The van der Waals surface area contributed by atoms with Crippen LogP contribution in [0.2, 0.25) is 0 Å². The Bertz CT molecular complexity index is 357. The number of ether oxygens (including phenoxy) is 1. The molecule has 5 nitrogen and oxygen atoms in total. The summed E-state index contributed by atoms with van der Waals surface area (Å²) in [4.78, 5) is 14.9. The average molecular weight is 177 g/mol. The van der Waals surface area contributed by atoms with E-state index in [1.54, 1.807) is 6.07 Å². The van der Waals surface area contributed by atoms with Crippen molar-refractivity contribution in [2.75, 3.05) is 12.3 Å². The number of anilines is 1. The number of nitrogens with two attached hydrogens (primary N) is 1. The molecule has 1 aromatic rings. The summed E-state index contributed by atoms with van der Waals surface area (Å²) in [6.45, 7) is -0.277. The maximum Gasteiger partial charge on any atom is 0.341 e. The molecule has 1 heterocycles. The van der Waals surface area contributed by atoms with Crippen LogP contribution < -0.4 is 5.73 Å². The lowest BCUT2D eigenvalue weighted by Crippen LogP contribution is -2.08. The first-order valence-corrected chi connectivity index (χ1v) is 3.49. The van der Waals surface area contributed by atoms with E-state index >= 15 is 0 Å². The summed E-state index contributed by atoms with van der Waals surface area (Å²) in [6, 6.07) is 3.13. The summed E-state index contributed by atoms with van der Waals surface area (Å²) in [7, 11) is 0. The molecule has 0 aliphatic heterocycles. The van der Waals surface area contributed by atoms with Crippen molar-refractivity contribution in [1.82, 2.24) is 4.98 Å². The SMILES string of the molecule is N#CCOC(=O)c1ccncc1N. The fourth-order valence-electron chi connectivity index (χ4n) is 0.768. The van der Waals surface area contributed by atoms with Gasteiger partial charge in [0.1, 0.15) is 6.07 Å². The molecule has 0 saturated carbocycles. The highest BCUT2D eigenvalue weighted by Crippen LogP contribution is 2.09. The smallest absolute Gasteiger partial charge is 0.341 e. The summed E-state index contributed by atoms with van der Waals surface area (Å²) in [5.74, 6) is -0.610. The van der Waals surface area contributed by atoms with Crippen LogP contribution in [0.3, 0.4) is 0 Å². The van der Waals surface area contributed by atoms with Crippen molar-refractivity contribution < 1.29 is 9.53 Å². The van der Waals surface area contributed by atoms with E-state index in [4.69, 9.17) is 11.0 Å². The molecule has 0 spiro atoms. The standard InChI is InChI=1S/C8H7N3O2/c9-2-4-13-8(12)6-1-3-11-5-7(6)10/h1,3,5H,4,10H2. The van der Waals surface area contributed by atoms with Crippen LogP contribution in [0.25, 0.3) is 0 Å². The van der Waals surface area contributed by atoms with Gasteiger partial charge in [-0.15, -0.1) is 0 Å². The predicted octanol–water partition coefficient (Wildman–Crippen LogP) is 0.344. The zero-order chi connectivity index (χ0) is 9.68. The van der Waals surface area contributed by atoms with Gasteiger partial charge in [-0.3, -0.25) is 4.98 Å². The van der Waals surface area contributed by atoms with Gasteiger partial charge >= 0.3 is 5.97 Å². The maximum atomic E-state index is 11.1. The van der Waals surface area contributed by atoms with Crippen LogP contribution in [-0.4, -0.2) is 17.6 Å². The van der Waals surface area contributed by atoms with Crippen LogP contribution in [0.1, 0.15) is 10.4 Å². The summed E-state index contributed by atoms with van der Waals surface area (Å²) >= 11 is 0. The number of rotatable bonds is 2. The first kappa shape index (κ1) is 9.00. The van der Waals surface area contributed by atoms with Crippen molar-refractivity contribution >= 4 is 11.7 Å². The highest BCUT2D eigenvalue weighted by molar-refractivity contribution is 5.94. The van der Waals surface area contributed by atoms with Gasteiger partial charge in [-0.25, -0.2) is 4.79 Å². The Morgan fingerprint density at radius 1 is 1.77 bits per heavy atom. The molecule has 0 unspecified atom stereocenters. The Labute approximate surface area is 74.8 Å². The van der Waals surface area contributed by atoms with Crippen molar-refractivity contribution in [3.8, 4) is 6.07 Å². The second-order valence-electron chi connectivity index (χ2n) is 2.20. The van der Waals surface area contributed by atoms with E-state index in [1.807, 2.05) is 0 Å². The van der Waals surface area contributed by atoms with Crippen LogP contribution in [-0.2, 0) is 4.74 Å². The molecule has 1 rings (SSSR count). The van der Waals surface area contributed by atoms with E-state index in [9.17, 15) is 4.79 Å². The van der Waals surface area contributed by atoms with E-state index in [-0.39, 0.29) is 17.9 Å². The summed E-state index contributed by atoms with van der Waals surface area (Å²) in [5.41, 5.74) is 5.92. The van der Waals surface area contributed by atoms with Crippen molar-refractivity contribution in [2.45, 2.75) is 0 Å². The van der Waals surface area contributed by atoms with Gasteiger partial charge in [0.05, 0.1) is 17.4 Å². The first-order chi connectivity index (χ1) is 6.25. The number of esters is 1. The molecule has 2 N–H and O–H groups in total. The van der Waals surface area contributed by atoms with E-state index in [0.717, 1.165) is 0 Å². The lowest BCUT2D eigenvalue weighted by molar-refractivity contribution is 0.0556. The van der Waals surface area contributed by atoms with Crippen molar-refractivity contribution in [3.05, 3.63) is 24.0 Å². The molecule has 0 bridgehead atoms. The predicted molar refractivity (Wildman–Crippen MR) is 44.5 cm³/mol. The van der Waals surface area contributed by atoms with Crippen LogP contribution in [0, 0.1) is 11.3 Å². The average Bonchev–Trinajstić information content (AvgIpc) is 2.15. The van der Waals surface area contributed by atoms with Crippen molar-refractivity contribution in [2.24, 2.45) is 0 Å². The molecule has 0 aliphatic rings. The molecule has 0 amide bonds. The highest BCUT2D eigenvalue weighted by Gasteiger charge is 2.09. The topological polar surface area (TPSA) is 89.0 Å². The number of carbonyl (C=O) groups is 1. The lowest BCUT2D eigenvalue weighted by atomic mass is 10.2. The largest absolute Gasteiger partial charge is 0.447 e. The molecule has 0 radical (unpaired) electrons. The number of nitriles is 1. The molecule has 0 atom stereocenters. The number of nitrogen functional groups attached to an aromatic ring is 1. The minimum atomic E-state index is -0.610. The molecule has 66 valence electrons. The monoisotopic (exact) mass is 177 g/mol. The highest BCUT2D eigenvalue weighted by atomic mass is 16.5. The normalized spacial score (nSPS) is 8.85. The van der Waals surface area contributed by atoms with Gasteiger partial charge in [-0.1, -0.05) is 0 Å². The van der Waals surface area contributed by atoms with Gasteiger partial charge in [0.15, 0.2) is 6.61 Å². The Hall–Kier alpha value is -2.09. The quantitative estimate of drug-likeness (QED) is 0.658. The number of aromatic nitrogens is 1. The Morgan fingerprint density at radius 3 is 3.15 bits per heavy atom. The number of hydrogen-bond acceptors (Lipinski definition) is 5. The molecular weight excluding hydrogens is 170 g/mol. The van der Waals surface area contributed by atoms with Crippen LogP contribution in [0.4, 0.5) is 5.69 Å². The second-order valence-corrected chi connectivity index (χ2v) is 2.20. The van der Waals surface area contributed by atoms with Gasteiger partial charge in [0.25, 0.3) is 0 Å². The zero-order valence-electron chi connectivity index (χ0n) is 6.73. The van der Waals surface area contributed by atoms with E-state index < -0.39 is 5.97 Å². The third-order valence-corrected chi connectivity index (χ3v) is 1.34. The summed E-state index contributed by atoms with van der Waals surface area (Å²) in [6.07, 6.45) is 2.78. The molecular formula is C8H7N3O2. The molecule has 0 saturated heterocycles. The van der Waals surface area contributed by atoms with Gasteiger partial charge in [0.2, 0.25) is 0 Å². The van der Waals surface area contributed by atoms with E-state index in [2.05, 4.69) is 9.72 Å². The second kappa shape index (κ2) is 4.07. The van der Waals surface area contributed by atoms with E-state index in [1.165, 1.54) is 18.5 Å². The van der Waals surface area contributed by atoms with Gasteiger partial charge in [-0.05, 0) is 6.07 Å². The molecule has 5 heteroatoms. The van der Waals surface area contributed by atoms with Gasteiger partial charge in [-0.2, -0.15) is 5.26 Å². The van der Waals surface area contributed by atoms with Crippen molar-refractivity contribution in [3.63, 3.8) is 0 Å². The van der Waals surface area contributed by atoms with E-state index in [0.29, 0.717) is 0 Å².